The predicted molar refractivity (Wildman–Crippen MR) is 112 cm³/mol. The average molecular weight is 368 g/mol. The number of imidazole rings is 1. The van der Waals surface area contributed by atoms with Crippen molar-refractivity contribution >= 4 is 22.9 Å². The molecule has 0 radical (unpaired) electrons. The standard InChI is InChI=1S/C24H20N2O2/c1-28-20-11-7-10-19(16-20)23(27)14-15-24-25-21-12-5-6-13-22(21)26(24)17-18-8-3-2-4-9-18/h2-16H,17H2,1H3. The molecule has 0 aliphatic heterocycles. The molecule has 4 rings (SSSR count). The number of carbonyl (C=O) groups is 1. The van der Waals surface area contributed by atoms with Gasteiger partial charge in [-0.3, -0.25) is 4.79 Å². The highest BCUT2D eigenvalue weighted by atomic mass is 16.5. The summed E-state index contributed by atoms with van der Waals surface area (Å²) in [6.45, 7) is 0.689. The lowest BCUT2D eigenvalue weighted by Crippen LogP contribution is -2.02. The molecule has 0 spiro atoms. The first-order valence-corrected chi connectivity index (χ1v) is 9.10. The summed E-state index contributed by atoms with van der Waals surface area (Å²) in [5.41, 5.74) is 3.72. The van der Waals surface area contributed by atoms with Crippen molar-refractivity contribution < 1.29 is 9.53 Å². The zero-order valence-electron chi connectivity index (χ0n) is 15.6. The number of nitrogens with zero attached hydrogens (tertiary/aromatic N) is 2. The maximum Gasteiger partial charge on any atom is 0.186 e. The normalized spacial score (nSPS) is 11.2. The Balaban J connectivity index is 1.68. The first-order chi connectivity index (χ1) is 13.7. The third-order valence-corrected chi connectivity index (χ3v) is 4.61. The molecule has 4 aromatic rings. The highest BCUT2D eigenvalue weighted by Crippen LogP contribution is 2.20. The minimum absolute atomic E-state index is 0.0859. The van der Waals surface area contributed by atoms with Crippen LogP contribution in [0.15, 0.2) is 84.9 Å². The topological polar surface area (TPSA) is 44.1 Å². The summed E-state index contributed by atoms with van der Waals surface area (Å²) in [4.78, 5) is 17.3. The molecule has 4 heteroatoms. The summed E-state index contributed by atoms with van der Waals surface area (Å²) in [5, 5.41) is 0. The van der Waals surface area contributed by atoms with Gasteiger partial charge < -0.3 is 9.30 Å². The molecule has 0 unspecified atom stereocenters. The number of para-hydroxylation sites is 2. The lowest BCUT2D eigenvalue weighted by atomic mass is 10.1. The quantitative estimate of drug-likeness (QED) is 0.356. The second-order valence-corrected chi connectivity index (χ2v) is 6.46. The van der Waals surface area contributed by atoms with Gasteiger partial charge in [0.2, 0.25) is 0 Å². The Hall–Kier alpha value is -3.66. The van der Waals surface area contributed by atoms with Crippen molar-refractivity contribution in [1.29, 1.82) is 0 Å². The molecular formula is C24H20N2O2. The highest BCUT2D eigenvalue weighted by molar-refractivity contribution is 6.07. The maximum atomic E-state index is 12.6. The number of aromatic nitrogens is 2. The fraction of sp³-hybridized carbons (Fsp3) is 0.0833. The van der Waals surface area contributed by atoms with Crippen molar-refractivity contribution in [2.45, 2.75) is 6.54 Å². The summed E-state index contributed by atoms with van der Waals surface area (Å²) >= 11 is 0. The van der Waals surface area contributed by atoms with Gasteiger partial charge in [-0.1, -0.05) is 54.6 Å². The molecule has 0 saturated heterocycles. The number of fused-ring (bicyclic) bond motifs is 1. The van der Waals surface area contributed by atoms with Crippen LogP contribution in [0, 0.1) is 0 Å². The number of hydrogen-bond donors (Lipinski definition) is 0. The molecule has 0 bridgehead atoms. The van der Waals surface area contributed by atoms with Crippen LogP contribution in [0.25, 0.3) is 17.1 Å². The number of rotatable bonds is 6. The molecule has 0 fully saturated rings. The lowest BCUT2D eigenvalue weighted by Gasteiger charge is -2.07. The van der Waals surface area contributed by atoms with E-state index in [1.807, 2.05) is 54.6 Å². The summed E-state index contributed by atoms with van der Waals surface area (Å²) in [5.74, 6) is 1.33. The predicted octanol–water partition coefficient (Wildman–Crippen LogP) is 4.99. The molecule has 3 aromatic carbocycles. The molecule has 0 aliphatic carbocycles. The van der Waals surface area contributed by atoms with E-state index in [1.54, 1.807) is 31.4 Å². The molecule has 1 aromatic heterocycles. The van der Waals surface area contributed by atoms with Crippen molar-refractivity contribution in [3.8, 4) is 5.75 Å². The largest absolute Gasteiger partial charge is 0.497 e. The van der Waals surface area contributed by atoms with Crippen LogP contribution in [0.2, 0.25) is 0 Å². The van der Waals surface area contributed by atoms with E-state index in [0.717, 1.165) is 16.9 Å². The molecule has 28 heavy (non-hydrogen) atoms. The first kappa shape index (κ1) is 17.7. The Bertz CT molecular complexity index is 1140. The van der Waals surface area contributed by atoms with Gasteiger partial charge in [-0.25, -0.2) is 4.98 Å². The van der Waals surface area contributed by atoms with Gasteiger partial charge in [-0.2, -0.15) is 0 Å². The van der Waals surface area contributed by atoms with Crippen molar-refractivity contribution in [3.05, 3.63) is 102 Å². The molecular weight excluding hydrogens is 348 g/mol. The Morgan fingerprint density at radius 1 is 1.00 bits per heavy atom. The molecule has 0 saturated carbocycles. The fourth-order valence-corrected chi connectivity index (χ4v) is 3.18. The Morgan fingerprint density at radius 2 is 1.79 bits per heavy atom. The van der Waals surface area contributed by atoms with E-state index in [0.29, 0.717) is 17.9 Å². The smallest absolute Gasteiger partial charge is 0.186 e. The van der Waals surface area contributed by atoms with E-state index in [4.69, 9.17) is 9.72 Å². The van der Waals surface area contributed by atoms with Crippen LogP contribution >= 0.6 is 0 Å². The van der Waals surface area contributed by atoms with Crippen LogP contribution in [-0.2, 0) is 6.54 Å². The number of carbonyl (C=O) groups excluding carboxylic acids is 1. The Kier molecular flexibility index (Phi) is 5.02. The Labute approximate surface area is 163 Å². The van der Waals surface area contributed by atoms with Gasteiger partial charge in [0.15, 0.2) is 5.78 Å². The average Bonchev–Trinajstić information content (AvgIpc) is 3.10. The maximum absolute atomic E-state index is 12.6. The molecule has 0 aliphatic rings. The third-order valence-electron chi connectivity index (χ3n) is 4.61. The molecule has 0 amide bonds. The van der Waals surface area contributed by atoms with Crippen LogP contribution in [0.4, 0.5) is 0 Å². The number of ketones is 1. The van der Waals surface area contributed by atoms with Crippen LogP contribution in [-0.4, -0.2) is 22.4 Å². The van der Waals surface area contributed by atoms with E-state index in [-0.39, 0.29) is 5.78 Å². The van der Waals surface area contributed by atoms with Gasteiger partial charge in [0.05, 0.1) is 18.1 Å². The van der Waals surface area contributed by atoms with E-state index < -0.39 is 0 Å². The Morgan fingerprint density at radius 3 is 2.61 bits per heavy atom. The summed E-state index contributed by atoms with van der Waals surface area (Å²) in [6, 6.07) is 25.4. The van der Waals surface area contributed by atoms with Crippen LogP contribution in [0.5, 0.6) is 5.75 Å². The van der Waals surface area contributed by atoms with Gasteiger partial charge in [-0.05, 0) is 42.0 Å². The summed E-state index contributed by atoms with van der Waals surface area (Å²) in [7, 11) is 1.59. The van der Waals surface area contributed by atoms with E-state index in [1.165, 1.54) is 5.56 Å². The lowest BCUT2D eigenvalue weighted by molar-refractivity contribution is 0.104. The first-order valence-electron chi connectivity index (χ1n) is 9.10. The van der Waals surface area contributed by atoms with E-state index in [2.05, 4.69) is 16.7 Å². The van der Waals surface area contributed by atoms with Crippen molar-refractivity contribution in [2.24, 2.45) is 0 Å². The number of benzene rings is 3. The van der Waals surface area contributed by atoms with Crippen molar-refractivity contribution in [2.75, 3.05) is 7.11 Å². The molecule has 4 nitrogen and oxygen atoms in total. The third kappa shape index (κ3) is 3.71. The number of ether oxygens (including phenoxy) is 1. The molecule has 0 N–H and O–H groups in total. The second-order valence-electron chi connectivity index (χ2n) is 6.46. The van der Waals surface area contributed by atoms with Gasteiger partial charge in [0.25, 0.3) is 0 Å². The van der Waals surface area contributed by atoms with Gasteiger partial charge in [-0.15, -0.1) is 0 Å². The zero-order valence-corrected chi connectivity index (χ0v) is 15.6. The van der Waals surface area contributed by atoms with E-state index in [9.17, 15) is 4.79 Å². The van der Waals surface area contributed by atoms with Crippen LogP contribution in [0.1, 0.15) is 21.7 Å². The minimum atomic E-state index is -0.0859. The zero-order chi connectivity index (χ0) is 19.3. The SMILES string of the molecule is COc1cccc(C(=O)C=Cc2nc3ccccc3n2Cc2ccccc2)c1. The van der Waals surface area contributed by atoms with Crippen LogP contribution < -0.4 is 4.74 Å². The number of hydrogen-bond acceptors (Lipinski definition) is 3. The van der Waals surface area contributed by atoms with Gasteiger partial charge >= 0.3 is 0 Å². The number of methoxy groups -OCH3 is 1. The fourth-order valence-electron chi connectivity index (χ4n) is 3.18. The molecule has 1 heterocycles. The summed E-state index contributed by atoms with van der Waals surface area (Å²) in [6.07, 6.45) is 3.35. The molecule has 0 atom stereocenters. The van der Waals surface area contributed by atoms with Crippen molar-refractivity contribution in [1.82, 2.24) is 9.55 Å². The monoisotopic (exact) mass is 368 g/mol. The highest BCUT2D eigenvalue weighted by Gasteiger charge is 2.10. The summed E-state index contributed by atoms with van der Waals surface area (Å²) < 4.78 is 7.33. The van der Waals surface area contributed by atoms with Gasteiger partial charge in [0.1, 0.15) is 11.6 Å². The van der Waals surface area contributed by atoms with Crippen LogP contribution in [0.3, 0.4) is 0 Å². The number of allylic oxidation sites excluding steroid dienone is 1. The van der Waals surface area contributed by atoms with Crippen molar-refractivity contribution in [3.63, 3.8) is 0 Å². The molecule has 138 valence electrons. The second kappa shape index (κ2) is 7.92. The van der Waals surface area contributed by atoms with E-state index >= 15 is 0 Å². The minimum Gasteiger partial charge on any atom is -0.497 e. The van der Waals surface area contributed by atoms with Gasteiger partial charge in [0, 0.05) is 12.1 Å².